The van der Waals surface area contributed by atoms with Crippen molar-refractivity contribution >= 4 is 0 Å². The Labute approximate surface area is 96.7 Å². The summed E-state index contributed by atoms with van der Waals surface area (Å²) >= 11 is 0. The molecule has 1 aromatic rings. The smallest absolute Gasteiger partial charge is 0.130 e. The Hall–Kier alpha value is -0.0452. The van der Waals surface area contributed by atoms with E-state index in [2.05, 4.69) is 6.07 Å². The zero-order valence-corrected chi connectivity index (χ0v) is 9.37. The van der Waals surface area contributed by atoms with Crippen LogP contribution in [0.3, 0.4) is 0 Å². The molecule has 0 unspecified atom stereocenters. The molecule has 0 saturated heterocycles. The molecule has 65 valence electrons. The van der Waals surface area contributed by atoms with E-state index in [1.807, 2.05) is 24.3 Å². The second-order valence-electron chi connectivity index (χ2n) is 2.30. The first-order valence-corrected chi connectivity index (χ1v) is 3.36. The van der Waals surface area contributed by atoms with Gasteiger partial charge in [0.1, 0.15) is 5.75 Å². The van der Waals surface area contributed by atoms with Gasteiger partial charge in [0.15, 0.2) is 0 Å². The molecule has 0 N–H and O–H groups in total. The summed E-state index contributed by atoms with van der Waals surface area (Å²) < 4.78 is 5.24. The molecular formula is C9H8CoMoO. The summed E-state index contributed by atoms with van der Waals surface area (Å²) in [7, 11) is 0. The van der Waals surface area contributed by atoms with E-state index in [1.54, 1.807) is 6.26 Å². The van der Waals surface area contributed by atoms with Crippen LogP contribution in [0.2, 0.25) is 0 Å². The number of ether oxygens (including phenoxy) is 1. The second-order valence-corrected chi connectivity index (χ2v) is 2.30. The normalized spacial score (nSPS) is 11.7. The van der Waals surface area contributed by atoms with Gasteiger partial charge in [-0.15, -0.1) is 0 Å². The third-order valence-electron chi connectivity index (χ3n) is 1.60. The molecule has 0 saturated carbocycles. The van der Waals surface area contributed by atoms with Crippen molar-refractivity contribution in [2.75, 3.05) is 0 Å². The molecule has 1 heterocycles. The van der Waals surface area contributed by atoms with E-state index in [9.17, 15) is 0 Å². The monoisotopic (exact) mass is 289 g/mol. The first-order valence-electron chi connectivity index (χ1n) is 3.36. The van der Waals surface area contributed by atoms with Crippen LogP contribution < -0.4 is 4.74 Å². The van der Waals surface area contributed by atoms with Crippen molar-refractivity contribution in [2.45, 2.75) is 6.42 Å². The quantitative estimate of drug-likeness (QED) is 0.664. The molecule has 0 spiro atoms. The maximum atomic E-state index is 5.24. The van der Waals surface area contributed by atoms with Crippen LogP contribution in [-0.2, 0) is 44.3 Å². The number of para-hydroxylation sites is 1. The Bertz CT molecular complexity index is 246. The summed E-state index contributed by atoms with van der Waals surface area (Å²) in [6.07, 6.45) is 4.75. The van der Waals surface area contributed by atoms with E-state index >= 15 is 0 Å². The van der Waals surface area contributed by atoms with Crippen molar-refractivity contribution in [1.29, 1.82) is 0 Å². The van der Waals surface area contributed by atoms with Gasteiger partial charge in [0.05, 0.1) is 6.26 Å². The Morgan fingerprint density at radius 3 is 2.67 bits per heavy atom. The molecule has 0 bridgehead atoms. The maximum Gasteiger partial charge on any atom is 0.130 e. The van der Waals surface area contributed by atoms with Gasteiger partial charge in [-0.05, 0) is 24.1 Å². The zero-order chi connectivity index (χ0) is 6.81. The van der Waals surface area contributed by atoms with Gasteiger partial charge in [0.25, 0.3) is 0 Å². The molecule has 0 atom stereocenters. The number of rotatable bonds is 0. The first-order chi connectivity index (χ1) is 4.97. The predicted molar refractivity (Wildman–Crippen MR) is 39.9 cm³/mol. The van der Waals surface area contributed by atoms with E-state index in [4.69, 9.17) is 4.74 Å². The standard InChI is InChI=1S/C9H8O.Co.Mo/c1-2-6-9-8(4-1)5-3-7-10-9;;/h1-4,6-7H,5H2;;. The molecule has 1 aliphatic heterocycles. The Kier molecular flexibility index (Phi) is 5.55. The number of benzene rings is 1. The average molecular weight is 287 g/mol. The minimum atomic E-state index is 0. The van der Waals surface area contributed by atoms with Crippen LogP contribution in [0.15, 0.2) is 36.6 Å². The van der Waals surface area contributed by atoms with Gasteiger partial charge in [0, 0.05) is 37.8 Å². The third-order valence-corrected chi connectivity index (χ3v) is 1.60. The summed E-state index contributed by atoms with van der Waals surface area (Å²) in [5.74, 6) is 0.991. The van der Waals surface area contributed by atoms with Crippen LogP contribution in [-0.4, -0.2) is 0 Å². The molecule has 1 nitrogen and oxygen atoms in total. The van der Waals surface area contributed by atoms with Crippen LogP contribution in [0.5, 0.6) is 5.75 Å². The first kappa shape index (κ1) is 12.0. The molecule has 0 amide bonds. The van der Waals surface area contributed by atoms with Gasteiger partial charge in [-0.3, -0.25) is 0 Å². The van der Waals surface area contributed by atoms with Gasteiger partial charge in [-0.1, -0.05) is 18.2 Å². The minimum Gasteiger partial charge on any atom is -0.465 e. The van der Waals surface area contributed by atoms with Gasteiger partial charge >= 0.3 is 0 Å². The van der Waals surface area contributed by atoms with Crippen molar-refractivity contribution in [3.05, 3.63) is 42.2 Å². The van der Waals surface area contributed by atoms with E-state index in [-0.39, 0.29) is 37.8 Å². The number of allylic oxidation sites excluding steroid dienone is 1. The number of fused-ring (bicyclic) bond motifs is 1. The average Bonchev–Trinajstić information content (AvgIpc) is 2.05. The van der Waals surface area contributed by atoms with Gasteiger partial charge in [0.2, 0.25) is 0 Å². The predicted octanol–water partition coefficient (Wildman–Crippen LogP) is 2.13. The Morgan fingerprint density at radius 2 is 1.92 bits per heavy atom. The number of hydrogen-bond donors (Lipinski definition) is 0. The zero-order valence-electron chi connectivity index (χ0n) is 6.32. The second kappa shape index (κ2) is 5.57. The molecule has 0 fully saturated rings. The van der Waals surface area contributed by atoms with Crippen molar-refractivity contribution in [1.82, 2.24) is 0 Å². The SMILES string of the molecule is C1=COc2ccccc2C1.[Co].[Mo]. The fourth-order valence-electron chi connectivity index (χ4n) is 1.08. The molecule has 0 aliphatic carbocycles. The Morgan fingerprint density at radius 1 is 1.17 bits per heavy atom. The molecule has 1 aromatic carbocycles. The molecule has 1 aliphatic rings. The van der Waals surface area contributed by atoms with Crippen molar-refractivity contribution in [3.8, 4) is 5.75 Å². The molecule has 12 heavy (non-hydrogen) atoms. The van der Waals surface area contributed by atoms with Gasteiger partial charge in [-0.2, -0.15) is 0 Å². The van der Waals surface area contributed by atoms with Crippen LogP contribution >= 0.6 is 0 Å². The van der Waals surface area contributed by atoms with Crippen molar-refractivity contribution < 1.29 is 42.6 Å². The van der Waals surface area contributed by atoms with Crippen LogP contribution in [0, 0.1) is 0 Å². The summed E-state index contributed by atoms with van der Waals surface area (Å²) in [4.78, 5) is 0. The van der Waals surface area contributed by atoms with E-state index in [1.165, 1.54) is 5.56 Å². The summed E-state index contributed by atoms with van der Waals surface area (Å²) in [6.45, 7) is 0. The van der Waals surface area contributed by atoms with E-state index in [0.717, 1.165) is 12.2 Å². The molecule has 0 aromatic heterocycles. The number of hydrogen-bond acceptors (Lipinski definition) is 1. The van der Waals surface area contributed by atoms with E-state index in [0.29, 0.717) is 0 Å². The van der Waals surface area contributed by atoms with Crippen LogP contribution in [0.4, 0.5) is 0 Å². The Balaban J connectivity index is 0.000000605. The van der Waals surface area contributed by atoms with Gasteiger partial charge < -0.3 is 4.74 Å². The van der Waals surface area contributed by atoms with E-state index < -0.39 is 0 Å². The summed E-state index contributed by atoms with van der Waals surface area (Å²) in [5, 5.41) is 0. The summed E-state index contributed by atoms with van der Waals surface area (Å²) in [6, 6.07) is 8.08. The third kappa shape index (κ3) is 2.48. The van der Waals surface area contributed by atoms with Crippen LogP contribution in [0.1, 0.15) is 5.56 Å². The maximum absolute atomic E-state index is 5.24. The minimum absolute atomic E-state index is 0. The van der Waals surface area contributed by atoms with Crippen molar-refractivity contribution in [2.24, 2.45) is 0 Å². The summed E-state index contributed by atoms with van der Waals surface area (Å²) in [5.41, 5.74) is 1.27. The fourth-order valence-corrected chi connectivity index (χ4v) is 1.08. The molecular weight excluding hydrogens is 279 g/mol. The fraction of sp³-hybridized carbons (Fsp3) is 0.111. The topological polar surface area (TPSA) is 9.23 Å². The largest absolute Gasteiger partial charge is 0.465 e. The van der Waals surface area contributed by atoms with Crippen molar-refractivity contribution in [3.63, 3.8) is 0 Å². The molecule has 3 heteroatoms. The molecule has 1 radical (unpaired) electrons. The molecule has 2 rings (SSSR count). The van der Waals surface area contributed by atoms with Gasteiger partial charge in [-0.25, -0.2) is 0 Å². The van der Waals surface area contributed by atoms with Crippen LogP contribution in [0.25, 0.3) is 0 Å².